The molecule has 1 aromatic heterocycles. The minimum atomic E-state index is -0.157. The van der Waals surface area contributed by atoms with Crippen molar-refractivity contribution in [2.75, 3.05) is 26.4 Å². The molecule has 1 heterocycles. The van der Waals surface area contributed by atoms with Crippen molar-refractivity contribution in [2.24, 2.45) is 0 Å². The Kier molecular flexibility index (Phi) is 6.62. The first-order chi connectivity index (χ1) is 11.2. The van der Waals surface area contributed by atoms with Crippen molar-refractivity contribution in [3.8, 4) is 11.6 Å². The number of amides is 1. The van der Waals surface area contributed by atoms with Crippen LogP contribution in [0, 0.1) is 6.92 Å². The van der Waals surface area contributed by atoms with Crippen LogP contribution in [0.1, 0.15) is 18.9 Å². The average Bonchev–Trinajstić information content (AvgIpc) is 2.94. The Labute approximate surface area is 136 Å². The normalized spacial score (nSPS) is 10.5. The van der Waals surface area contributed by atoms with Gasteiger partial charge in [0.05, 0.1) is 5.69 Å². The number of ether oxygens (including phenoxy) is 2. The number of aryl methyl sites for hydroxylation is 1. The first-order valence-electron chi connectivity index (χ1n) is 7.79. The molecule has 1 N–H and O–H groups in total. The molecule has 6 heteroatoms. The number of para-hydroxylation sites is 1. The van der Waals surface area contributed by atoms with E-state index in [0.29, 0.717) is 25.6 Å². The zero-order valence-corrected chi connectivity index (χ0v) is 13.6. The van der Waals surface area contributed by atoms with Crippen LogP contribution in [-0.2, 0) is 9.53 Å². The van der Waals surface area contributed by atoms with Crippen LogP contribution >= 0.6 is 0 Å². The molecule has 124 valence electrons. The van der Waals surface area contributed by atoms with Gasteiger partial charge >= 0.3 is 0 Å². The third-order valence-electron chi connectivity index (χ3n) is 3.20. The van der Waals surface area contributed by atoms with E-state index in [4.69, 9.17) is 9.47 Å². The van der Waals surface area contributed by atoms with E-state index in [1.165, 1.54) is 0 Å². The second-order valence-corrected chi connectivity index (χ2v) is 5.09. The number of hydrogen-bond acceptors (Lipinski definition) is 4. The second kappa shape index (κ2) is 8.95. The number of nitrogens with zero attached hydrogens (tertiary/aromatic N) is 2. The number of carbonyl (C=O) groups excluding carboxylic acids is 1. The summed E-state index contributed by atoms with van der Waals surface area (Å²) in [6.45, 7) is 5.74. The van der Waals surface area contributed by atoms with Gasteiger partial charge in [0.15, 0.2) is 6.61 Å². The molecule has 0 bridgehead atoms. The van der Waals surface area contributed by atoms with E-state index in [1.807, 2.05) is 50.4 Å². The van der Waals surface area contributed by atoms with Crippen molar-refractivity contribution < 1.29 is 14.3 Å². The maximum Gasteiger partial charge on any atom is 0.258 e. The lowest BCUT2D eigenvalue weighted by Gasteiger charge is -2.06. The maximum atomic E-state index is 11.7. The average molecular weight is 317 g/mol. The first kappa shape index (κ1) is 17.0. The van der Waals surface area contributed by atoms with Gasteiger partial charge in [0.1, 0.15) is 0 Å². The predicted octanol–water partition coefficient (Wildman–Crippen LogP) is 2.10. The number of rotatable bonds is 9. The predicted molar refractivity (Wildman–Crippen MR) is 87.9 cm³/mol. The minimum Gasteiger partial charge on any atom is -0.466 e. The molecule has 6 nitrogen and oxygen atoms in total. The van der Waals surface area contributed by atoms with E-state index in [-0.39, 0.29) is 12.5 Å². The van der Waals surface area contributed by atoms with Crippen LogP contribution in [-0.4, -0.2) is 42.1 Å². The Morgan fingerprint density at radius 2 is 2.09 bits per heavy atom. The summed E-state index contributed by atoms with van der Waals surface area (Å²) in [5.74, 6) is 0.313. The minimum absolute atomic E-state index is 0.0404. The summed E-state index contributed by atoms with van der Waals surface area (Å²) in [4.78, 5) is 11.7. The molecular weight excluding hydrogens is 294 g/mol. The number of hydrogen-bond donors (Lipinski definition) is 1. The highest BCUT2D eigenvalue weighted by Crippen LogP contribution is 2.17. The summed E-state index contributed by atoms with van der Waals surface area (Å²) >= 11 is 0. The Morgan fingerprint density at radius 3 is 2.83 bits per heavy atom. The van der Waals surface area contributed by atoms with E-state index >= 15 is 0 Å². The van der Waals surface area contributed by atoms with Gasteiger partial charge in [-0.05, 0) is 32.4 Å². The Morgan fingerprint density at radius 1 is 1.30 bits per heavy atom. The summed E-state index contributed by atoms with van der Waals surface area (Å²) in [5.41, 5.74) is 1.84. The molecule has 0 fully saturated rings. The number of aromatic nitrogens is 2. The molecule has 0 saturated heterocycles. The Bertz CT molecular complexity index is 611. The van der Waals surface area contributed by atoms with Crippen molar-refractivity contribution in [3.63, 3.8) is 0 Å². The van der Waals surface area contributed by atoms with Gasteiger partial charge in [0, 0.05) is 31.5 Å². The topological polar surface area (TPSA) is 65.4 Å². The molecule has 2 rings (SSSR count). The largest absolute Gasteiger partial charge is 0.466 e. The molecule has 0 aliphatic rings. The first-order valence-corrected chi connectivity index (χ1v) is 7.79. The third-order valence-corrected chi connectivity index (χ3v) is 3.20. The lowest BCUT2D eigenvalue weighted by atomic mass is 10.3. The molecule has 23 heavy (non-hydrogen) atoms. The number of carbonyl (C=O) groups is 1. The molecule has 0 atom stereocenters. The Balaban J connectivity index is 1.80. The van der Waals surface area contributed by atoms with E-state index in [0.717, 1.165) is 17.7 Å². The van der Waals surface area contributed by atoms with Crippen molar-refractivity contribution in [1.29, 1.82) is 0 Å². The van der Waals surface area contributed by atoms with Gasteiger partial charge in [0.2, 0.25) is 5.88 Å². The van der Waals surface area contributed by atoms with Gasteiger partial charge in [-0.3, -0.25) is 4.79 Å². The summed E-state index contributed by atoms with van der Waals surface area (Å²) < 4.78 is 12.5. The summed E-state index contributed by atoms with van der Waals surface area (Å²) in [6, 6.07) is 9.76. The second-order valence-electron chi connectivity index (χ2n) is 5.09. The van der Waals surface area contributed by atoms with Crippen LogP contribution in [0.2, 0.25) is 0 Å². The highest BCUT2D eigenvalue weighted by molar-refractivity contribution is 5.77. The van der Waals surface area contributed by atoms with E-state index in [9.17, 15) is 4.79 Å². The molecule has 0 saturated carbocycles. The summed E-state index contributed by atoms with van der Waals surface area (Å²) in [5, 5.41) is 7.16. The van der Waals surface area contributed by atoms with Crippen LogP contribution < -0.4 is 10.1 Å². The van der Waals surface area contributed by atoms with Crippen LogP contribution in [0.25, 0.3) is 5.69 Å². The highest BCUT2D eigenvalue weighted by Gasteiger charge is 2.09. The van der Waals surface area contributed by atoms with E-state index in [1.54, 1.807) is 4.68 Å². The van der Waals surface area contributed by atoms with Crippen molar-refractivity contribution >= 4 is 5.91 Å². The SMILES string of the molecule is CCOCCCNC(=O)COc1nn(-c2ccccc2)cc1C. The van der Waals surface area contributed by atoms with Gasteiger partial charge in [-0.15, -0.1) is 5.10 Å². The monoisotopic (exact) mass is 317 g/mol. The fourth-order valence-electron chi connectivity index (χ4n) is 2.03. The van der Waals surface area contributed by atoms with Gasteiger partial charge < -0.3 is 14.8 Å². The third kappa shape index (κ3) is 5.41. The molecule has 0 spiro atoms. The smallest absolute Gasteiger partial charge is 0.258 e. The molecule has 0 aliphatic heterocycles. The molecular formula is C17H23N3O3. The zero-order chi connectivity index (χ0) is 16.5. The van der Waals surface area contributed by atoms with Crippen LogP contribution in [0.5, 0.6) is 5.88 Å². The van der Waals surface area contributed by atoms with Crippen LogP contribution in [0.3, 0.4) is 0 Å². The Hall–Kier alpha value is -2.34. The molecule has 1 aromatic carbocycles. The summed E-state index contributed by atoms with van der Waals surface area (Å²) in [7, 11) is 0. The van der Waals surface area contributed by atoms with Crippen LogP contribution in [0.4, 0.5) is 0 Å². The number of benzene rings is 1. The zero-order valence-electron chi connectivity index (χ0n) is 13.6. The quantitative estimate of drug-likeness (QED) is 0.719. The standard InChI is InChI=1S/C17H23N3O3/c1-3-22-11-7-10-18-16(21)13-23-17-14(2)12-20(19-17)15-8-5-4-6-9-15/h4-6,8-9,12H,3,7,10-11,13H2,1-2H3,(H,18,21). The fraction of sp³-hybridized carbons (Fsp3) is 0.412. The molecule has 0 unspecified atom stereocenters. The molecule has 2 aromatic rings. The highest BCUT2D eigenvalue weighted by atomic mass is 16.5. The number of nitrogens with one attached hydrogen (secondary N) is 1. The van der Waals surface area contributed by atoms with Gasteiger partial charge in [-0.1, -0.05) is 18.2 Å². The van der Waals surface area contributed by atoms with Crippen LogP contribution in [0.15, 0.2) is 36.5 Å². The van der Waals surface area contributed by atoms with E-state index < -0.39 is 0 Å². The van der Waals surface area contributed by atoms with Gasteiger partial charge in [0.25, 0.3) is 5.91 Å². The fourth-order valence-corrected chi connectivity index (χ4v) is 2.03. The van der Waals surface area contributed by atoms with Gasteiger partial charge in [-0.2, -0.15) is 0 Å². The van der Waals surface area contributed by atoms with E-state index in [2.05, 4.69) is 10.4 Å². The van der Waals surface area contributed by atoms with Crippen molar-refractivity contribution in [1.82, 2.24) is 15.1 Å². The lowest BCUT2D eigenvalue weighted by molar-refractivity contribution is -0.123. The van der Waals surface area contributed by atoms with Gasteiger partial charge in [-0.25, -0.2) is 4.68 Å². The van der Waals surface area contributed by atoms with Crippen molar-refractivity contribution in [3.05, 3.63) is 42.1 Å². The maximum absolute atomic E-state index is 11.7. The van der Waals surface area contributed by atoms with Crippen molar-refractivity contribution in [2.45, 2.75) is 20.3 Å². The molecule has 1 amide bonds. The lowest BCUT2D eigenvalue weighted by Crippen LogP contribution is -2.30. The summed E-state index contributed by atoms with van der Waals surface area (Å²) in [6.07, 6.45) is 2.67. The molecule has 0 aliphatic carbocycles. The molecule has 0 radical (unpaired) electrons.